The molecule has 1 aliphatic heterocycles. The normalized spacial score (nSPS) is 14.2. The highest BCUT2D eigenvalue weighted by Gasteiger charge is 2.19. The zero-order valence-corrected chi connectivity index (χ0v) is 15.6. The molecular weight excluding hydrogens is 326 g/mol. The minimum atomic E-state index is -0.00738. The monoisotopic (exact) mass is 353 g/mol. The van der Waals surface area contributed by atoms with Gasteiger partial charge in [0.15, 0.2) is 0 Å². The van der Waals surface area contributed by atoms with Gasteiger partial charge in [-0.05, 0) is 57.4 Å². The number of hydrogen-bond acceptors (Lipinski definition) is 5. The summed E-state index contributed by atoms with van der Waals surface area (Å²) >= 11 is 0. The molecular formula is C20H27N5O. The van der Waals surface area contributed by atoms with Gasteiger partial charge in [0.25, 0.3) is 5.91 Å². The van der Waals surface area contributed by atoms with E-state index < -0.39 is 0 Å². The van der Waals surface area contributed by atoms with Crippen LogP contribution in [0.3, 0.4) is 0 Å². The van der Waals surface area contributed by atoms with E-state index in [0.29, 0.717) is 11.5 Å². The maximum absolute atomic E-state index is 12.6. The Morgan fingerprint density at radius 3 is 2.42 bits per heavy atom. The van der Waals surface area contributed by atoms with Gasteiger partial charge < -0.3 is 15.1 Å². The van der Waals surface area contributed by atoms with Gasteiger partial charge in [0.2, 0.25) is 0 Å². The molecule has 0 atom stereocenters. The zero-order valence-electron chi connectivity index (χ0n) is 15.6. The van der Waals surface area contributed by atoms with Gasteiger partial charge in [-0.25, -0.2) is 9.97 Å². The first-order chi connectivity index (χ1) is 12.7. The number of carbonyl (C=O) groups is 1. The third-order valence-corrected chi connectivity index (χ3v) is 4.80. The van der Waals surface area contributed by atoms with E-state index in [4.69, 9.17) is 0 Å². The number of likely N-dealkylation sites (tertiary alicyclic amines) is 1. The fourth-order valence-corrected chi connectivity index (χ4v) is 3.29. The maximum Gasteiger partial charge on any atom is 0.272 e. The quantitative estimate of drug-likeness (QED) is 0.858. The largest absolute Gasteiger partial charge is 0.372 e. The molecule has 1 amide bonds. The van der Waals surface area contributed by atoms with Crippen molar-refractivity contribution in [2.24, 2.45) is 0 Å². The van der Waals surface area contributed by atoms with Crippen LogP contribution in [0.25, 0.3) is 0 Å². The van der Waals surface area contributed by atoms with Crippen molar-refractivity contribution in [1.82, 2.24) is 14.9 Å². The van der Waals surface area contributed by atoms with Crippen molar-refractivity contribution < 1.29 is 4.79 Å². The van der Waals surface area contributed by atoms with Gasteiger partial charge in [-0.15, -0.1) is 0 Å². The Hall–Kier alpha value is -2.63. The highest BCUT2D eigenvalue weighted by atomic mass is 16.2. The summed E-state index contributed by atoms with van der Waals surface area (Å²) in [6.07, 6.45) is 4.79. The third kappa shape index (κ3) is 4.31. The number of anilines is 3. The first-order valence-electron chi connectivity index (χ1n) is 9.44. The highest BCUT2D eigenvalue weighted by Crippen LogP contribution is 2.21. The Morgan fingerprint density at radius 1 is 1.08 bits per heavy atom. The first-order valence-corrected chi connectivity index (χ1v) is 9.44. The molecule has 0 unspecified atom stereocenters. The molecule has 0 spiro atoms. The number of piperidine rings is 1. The molecule has 0 saturated carbocycles. The van der Waals surface area contributed by atoms with Crippen LogP contribution in [0.4, 0.5) is 17.2 Å². The topological polar surface area (TPSA) is 61.4 Å². The molecule has 2 aromatic rings. The lowest BCUT2D eigenvalue weighted by Crippen LogP contribution is -2.36. The van der Waals surface area contributed by atoms with Crippen molar-refractivity contribution >= 4 is 23.1 Å². The minimum Gasteiger partial charge on any atom is -0.372 e. The average Bonchev–Trinajstić information content (AvgIpc) is 2.70. The molecule has 1 N–H and O–H groups in total. The third-order valence-electron chi connectivity index (χ3n) is 4.80. The molecule has 1 fully saturated rings. The van der Waals surface area contributed by atoms with Gasteiger partial charge in [0, 0.05) is 43.6 Å². The van der Waals surface area contributed by atoms with Gasteiger partial charge >= 0.3 is 0 Å². The summed E-state index contributed by atoms with van der Waals surface area (Å²) in [6, 6.07) is 9.98. The van der Waals surface area contributed by atoms with Crippen molar-refractivity contribution in [3.05, 3.63) is 42.4 Å². The van der Waals surface area contributed by atoms with Crippen LogP contribution in [0, 0.1) is 0 Å². The highest BCUT2D eigenvalue weighted by molar-refractivity contribution is 5.93. The van der Waals surface area contributed by atoms with Crippen LogP contribution in [-0.2, 0) is 0 Å². The second-order valence-electron chi connectivity index (χ2n) is 6.49. The lowest BCUT2D eigenvalue weighted by atomic mass is 10.1. The predicted octanol–water partition coefficient (Wildman–Crippen LogP) is 3.69. The molecule has 3 rings (SSSR count). The van der Waals surface area contributed by atoms with Crippen LogP contribution < -0.4 is 10.2 Å². The predicted molar refractivity (Wildman–Crippen MR) is 105 cm³/mol. The average molecular weight is 353 g/mol. The molecule has 0 radical (unpaired) electrons. The number of benzene rings is 1. The van der Waals surface area contributed by atoms with Gasteiger partial charge in [-0.3, -0.25) is 4.79 Å². The number of amides is 1. The molecule has 0 aliphatic carbocycles. The molecule has 1 aromatic heterocycles. The summed E-state index contributed by atoms with van der Waals surface area (Å²) in [4.78, 5) is 25.2. The maximum atomic E-state index is 12.6. The lowest BCUT2D eigenvalue weighted by molar-refractivity contribution is 0.0718. The molecule has 138 valence electrons. The number of hydrogen-bond donors (Lipinski definition) is 1. The second-order valence-corrected chi connectivity index (χ2v) is 6.49. The SMILES string of the molecule is CCN(CC)c1ccc(Nc2cc(C(=O)N3CCCCC3)ncn2)cc1. The van der Waals surface area contributed by atoms with Crippen molar-refractivity contribution in [2.45, 2.75) is 33.1 Å². The smallest absolute Gasteiger partial charge is 0.272 e. The van der Waals surface area contributed by atoms with Crippen LogP contribution in [-0.4, -0.2) is 47.0 Å². The molecule has 1 aromatic carbocycles. The number of carbonyl (C=O) groups excluding carboxylic acids is 1. The summed E-state index contributed by atoms with van der Waals surface area (Å²) in [6.45, 7) is 7.90. The van der Waals surface area contributed by atoms with Crippen LogP contribution >= 0.6 is 0 Å². The van der Waals surface area contributed by atoms with E-state index in [1.807, 2.05) is 17.0 Å². The van der Waals surface area contributed by atoms with Crippen molar-refractivity contribution in [1.29, 1.82) is 0 Å². The van der Waals surface area contributed by atoms with Crippen molar-refractivity contribution in [3.63, 3.8) is 0 Å². The molecule has 1 aliphatic rings. The lowest BCUT2D eigenvalue weighted by Gasteiger charge is -2.26. The summed E-state index contributed by atoms with van der Waals surface area (Å²) in [7, 11) is 0. The second kappa shape index (κ2) is 8.65. The standard InChI is InChI=1S/C20H27N5O/c1-3-24(4-2)17-10-8-16(9-11-17)23-19-14-18(21-15-22-19)20(26)25-12-6-5-7-13-25/h8-11,14-15H,3-7,12-13H2,1-2H3,(H,21,22,23). The Kier molecular flexibility index (Phi) is 6.04. The number of nitrogens with zero attached hydrogens (tertiary/aromatic N) is 4. The van der Waals surface area contributed by atoms with Crippen LogP contribution in [0.2, 0.25) is 0 Å². The Bertz CT molecular complexity index is 721. The number of aromatic nitrogens is 2. The van der Waals surface area contributed by atoms with E-state index in [0.717, 1.165) is 44.7 Å². The first kappa shape index (κ1) is 18.2. The fourth-order valence-electron chi connectivity index (χ4n) is 3.29. The number of nitrogens with one attached hydrogen (secondary N) is 1. The molecule has 6 nitrogen and oxygen atoms in total. The van der Waals surface area contributed by atoms with E-state index in [-0.39, 0.29) is 5.91 Å². The summed E-state index contributed by atoms with van der Waals surface area (Å²) in [5.41, 5.74) is 2.59. The van der Waals surface area contributed by atoms with E-state index in [2.05, 4.69) is 46.2 Å². The summed E-state index contributed by atoms with van der Waals surface area (Å²) in [5, 5.41) is 3.26. The van der Waals surface area contributed by atoms with Crippen LogP contribution in [0.15, 0.2) is 36.7 Å². The summed E-state index contributed by atoms with van der Waals surface area (Å²) in [5.74, 6) is 0.628. The molecule has 26 heavy (non-hydrogen) atoms. The van der Waals surface area contributed by atoms with E-state index in [1.165, 1.54) is 18.4 Å². The molecule has 0 bridgehead atoms. The zero-order chi connectivity index (χ0) is 18.4. The van der Waals surface area contributed by atoms with Gasteiger partial charge in [-0.1, -0.05) is 0 Å². The molecule has 1 saturated heterocycles. The molecule has 6 heteroatoms. The van der Waals surface area contributed by atoms with Gasteiger partial charge in [0.05, 0.1) is 0 Å². The van der Waals surface area contributed by atoms with E-state index in [1.54, 1.807) is 6.07 Å². The minimum absolute atomic E-state index is 0.00738. The van der Waals surface area contributed by atoms with Crippen LogP contribution in [0.5, 0.6) is 0 Å². The molecule has 2 heterocycles. The van der Waals surface area contributed by atoms with Gasteiger partial charge in [0.1, 0.15) is 17.8 Å². The van der Waals surface area contributed by atoms with Crippen molar-refractivity contribution in [3.8, 4) is 0 Å². The van der Waals surface area contributed by atoms with Crippen LogP contribution in [0.1, 0.15) is 43.6 Å². The fraction of sp³-hybridized carbons (Fsp3) is 0.450. The van der Waals surface area contributed by atoms with Gasteiger partial charge in [-0.2, -0.15) is 0 Å². The Morgan fingerprint density at radius 2 is 1.77 bits per heavy atom. The number of rotatable bonds is 6. The van der Waals surface area contributed by atoms with E-state index >= 15 is 0 Å². The van der Waals surface area contributed by atoms with E-state index in [9.17, 15) is 4.79 Å². The Labute approximate surface area is 155 Å². The summed E-state index contributed by atoms with van der Waals surface area (Å²) < 4.78 is 0. The van der Waals surface area contributed by atoms with Crippen molar-refractivity contribution in [2.75, 3.05) is 36.4 Å². The Balaban J connectivity index is 1.69.